The van der Waals surface area contributed by atoms with Crippen molar-refractivity contribution in [3.63, 3.8) is 0 Å². The predicted octanol–water partition coefficient (Wildman–Crippen LogP) is 2.11. The third-order valence-corrected chi connectivity index (χ3v) is 3.33. The fourth-order valence-corrected chi connectivity index (χ4v) is 2.21. The Labute approximate surface area is 111 Å². The Bertz CT molecular complexity index is 649. The van der Waals surface area contributed by atoms with Gasteiger partial charge >= 0.3 is 0 Å². The third kappa shape index (κ3) is 2.12. The van der Waals surface area contributed by atoms with E-state index in [-0.39, 0.29) is 5.91 Å². The Morgan fingerprint density at radius 1 is 1.32 bits per heavy atom. The number of nitrogens with one attached hydrogen (secondary N) is 1. The number of carbonyl (C=O) groups is 1. The second-order valence-electron chi connectivity index (χ2n) is 4.86. The van der Waals surface area contributed by atoms with Gasteiger partial charge in [0.15, 0.2) is 11.6 Å². The van der Waals surface area contributed by atoms with Gasteiger partial charge in [-0.3, -0.25) is 4.79 Å². The number of aryl methyl sites for hydroxylation is 1. The van der Waals surface area contributed by atoms with Gasteiger partial charge in [0.1, 0.15) is 0 Å². The van der Waals surface area contributed by atoms with Gasteiger partial charge in [-0.2, -0.15) is 0 Å². The number of anilines is 2. The summed E-state index contributed by atoms with van der Waals surface area (Å²) < 4.78 is 0. The van der Waals surface area contributed by atoms with Crippen molar-refractivity contribution in [1.29, 1.82) is 0 Å². The molecule has 0 aliphatic carbocycles. The van der Waals surface area contributed by atoms with Crippen LogP contribution in [0.25, 0.3) is 11.0 Å². The van der Waals surface area contributed by atoms with E-state index >= 15 is 0 Å². The van der Waals surface area contributed by atoms with Crippen molar-refractivity contribution < 1.29 is 4.79 Å². The molecule has 5 nitrogen and oxygen atoms in total. The highest BCUT2D eigenvalue weighted by molar-refractivity contribution is 5.93. The molecule has 0 bridgehead atoms. The van der Waals surface area contributed by atoms with E-state index in [9.17, 15) is 4.79 Å². The van der Waals surface area contributed by atoms with E-state index in [2.05, 4.69) is 20.2 Å². The Hall–Kier alpha value is -2.17. The molecule has 1 aliphatic rings. The van der Waals surface area contributed by atoms with Gasteiger partial charge in [0, 0.05) is 20.0 Å². The summed E-state index contributed by atoms with van der Waals surface area (Å²) in [6.45, 7) is 5.43. The molecule has 1 amide bonds. The van der Waals surface area contributed by atoms with Crippen LogP contribution in [0.3, 0.4) is 0 Å². The highest BCUT2D eigenvalue weighted by Crippen LogP contribution is 2.29. The number of hydrogen-bond donors (Lipinski definition) is 1. The summed E-state index contributed by atoms with van der Waals surface area (Å²) in [5, 5.41) is 2.79. The molecule has 5 heteroatoms. The molecule has 2 aromatic rings. The zero-order valence-electron chi connectivity index (χ0n) is 11.1. The lowest BCUT2D eigenvalue weighted by atomic mass is 10.2. The van der Waals surface area contributed by atoms with Crippen molar-refractivity contribution in [3.05, 3.63) is 23.8 Å². The van der Waals surface area contributed by atoms with Crippen LogP contribution < -0.4 is 10.2 Å². The maximum absolute atomic E-state index is 11.3. The number of rotatable bonds is 2. The monoisotopic (exact) mass is 256 g/mol. The predicted molar refractivity (Wildman–Crippen MR) is 75.4 cm³/mol. The molecule has 98 valence electrons. The van der Waals surface area contributed by atoms with Gasteiger partial charge in [-0.05, 0) is 25.0 Å². The quantitative estimate of drug-likeness (QED) is 0.894. The summed E-state index contributed by atoms with van der Waals surface area (Å²) in [6.07, 6.45) is 1.16. The first-order valence-electron chi connectivity index (χ1n) is 6.45. The first-order valence-corrected chi connectivity index (χ1v) is 6.45. The fraction of sp³-hybridized carbons (Fsp3) is 0.357. The molecule has 0 saturated carbocycles. The lowest BCUT2D eigenvalue weighted by Crippen LogP contribution is -2.38. The van der Waals surface area contributed by atoms with Gasteiger partial charge in [-0.15, -0.1) is 0 Å². The fourth-order valence-electron chi connectivity index (χ4n) is 2.21. The van der Waals surface area contributed by atoms with E-state index in [1.807, 2.05) is 25.1 Å². The largest absolute Gasteiger partial charge is 0.353 e. The molecule has 1 fully saturated rings. The molecule has 0 radical (unpaired) electrons. The molecule has 1 aliphatic heterocycles. The standard InChI is InChI=1S/C14H16N4O/c1-9-5-3-6-11-12(9)17-13(15-10(2)19)14(16-11)18-7-4-8-18/h3,5-6H,4,7-8H2,1-2H3,(H,15,17,19). The smallest absolute Gasteiger partial charge is 0.222 e. The minimum absolute atomic E-state index is 0.121. The average Bonchev–Trinajstić information content (AvgIpc) is 2.28. The normalized spacial score (nSPS) is 14.3. The van der Waals surface area contributed by atoms with Crippen LogP contribution >= 0.6 is 0 Å². The Morgan fingerprint density at radius 2 is 2.11 bits per heavy atom. The minimum Gasteiger partial charge on any atom is -0.353 e. The molecule has 1 aromatic carbocycles. The summed E-state index contributed by atoms with van der Waals surface area (Å²) in [7, 11) is 0. The number of benzene rings is 1. The van der Waals surface area contributed by atoms with E-state index in [0.717, 1.165) is 41.9 Å². The van der Waals surface area contributed by atoms with Crippen molar-refractivity contribution >= 4 is 28.6 Å². The minimum atomic E-state index is -0.121. The van der Waals surface area contributed by atoms with Crippen molar-refractivity contribution in [1.82, 2.24) is 9.97 Å². The first-order chi connectivity index (χ1) is 9.15. The molecular weight excluding hydrogens is 240 g/mol. The SMILES string of the molecule is CC(=O)Nc1nc2c(C)cccc2nc1N1CCC1. The number of amides is 1. The number of para-hydroxylation sites is 1. The summed E-state index contributed by atoms with van der Waals surface area (Å²) in [4.78, 5) is 22.7. The molecule has 3 rings (SSSR count). The van der Waals surface area contributed by atoms with Gasteiger partial charge < -0.3 is 10.2 Å². The van der Waals surface area contributed by atoms with Crippen LogP contribution in [-0.2, 0) is 4.79 Å². The molecule has 0 atom stereocenters. The molecule has 19 heavy (non-hydrogen) atoms. The van der Waals surface area contributed by atoms with Crippen LogP contribution in [0.15, 0.2) is 18.2 Å². The van der Waals surface area contributed by atoms with Gasteiger partial charge in [0.05, 0.1) is 11.0 Å². The van der Waals surface area contributed by atoms with Crippen molar-refractivity contribution in [3.8, 4) is 0 Å². The summed E-state index contributed by atoms with van der Waals surface area (Å²) in [5.41, 5.74) is 2.78. The number of nitrogens with zero attached hydrogens (tertiary/aromatic N) is 3. The van der Waals surface area contributed by atoms with Crippen LogP contribution in [0.4, 0.5) is 11.6 Å². The van der Waals surface area contributed by atoms with Gasteiger partial charge in [-0.25, -0.2) is 9.97 Å². The summed E-state index contributed by atoms with van der Waals surface area (Å²) >= 11 is 0. The second kappa shape index (κ2) is 4.50. The number of carbonyl (C=O) groups excluding carboxylic acids is 1. The maximum atomic E-state index is 11.3. The van der Waals surface area contributed by atoms with Crippen LogP contribution in [-0.4, -0.2) is 29.0 Å². The van der Waals surface area contributed by atoms with Crippen molar-refractivity contribution in [2.75, 3.05) is 23.3 Å². The maximum Gasteiger partial charge on any atom is 0.222 e. The molecule has 1 N–H and O–H groups in total. The molecular formula is C14H16N4O. The number of hydrogen-bond acceptors (Lipinski definition) is 4. The second-order valence-corrected chi connectivity index (χ2v) is 4.86. The van der Waals surface area contributed by atoms with E-state index in [1.54, 1.807) is 0 Å². The highest BCUT2D eigenvalue weighted by atomic mass is 16.1. The Balaban J connectivity index is 2.17. The van der Waals surface area contributed by atoms with Crippen molar-refractivity contribution in [2.45, 2.75) is 20.3 Å². The lowest BCUT2D eigenvalue weighted by Gasteiger charge is -2.33. The van der Waals surface area contributed by atoms with Crippen LogP contribution in [0, 0.1) is 6.92 Å². The molecule has 2 heterocycles. The highest BCUT2D eigenvalue weighted by Gasteiger charge is 2.21. The van der Waals surface area contributed by atoms with Crippen LogP contribution in [0.1, 0.15) is 18.9 Å². The molecule has 0 unspecified atom stereocenters. The average molecular weight is 256 g/mol. The van der Waals surface area contributed by atoms with E-state index in [4.69, 9.17) is 0 Å². The van der Waals surface area contributed by atoms with Gasteiger partial charge in [-0.1, -0.05) is 12.1 Å². The zero-order valence-corrected chi connectivity index (χ0v) is 11.1. The van der Waals surface area contributed by atoms with Crippen molar-refractivity contribution in [2.24, 2.45) is 0 Å². The number of fused-ring (bicyclic) bond motifs is 1. The van der Waals surface area contributed by atoms with E-state index in [1.165, 1.54) is 6.92 Å². The van der Waals surface area contributed by atoms with E-state index < -0.39 is 0 Å². The van der Waals surface area contributed by atoms with Gasteiger partial charge in [0.2, 0.25) is 5.91 Å². The van der Waals surface area contributed by atoms with Crippen LogP contribution in [0.5, 0.6) is 0 Å². The molecule has 0 spiro atoms. The lowest BCUT2D eigenvalue weighted by molar-refractivity contribution is -0.114. The number of aromatic nitrogens is 2. The third-order valence-electron chi connectivity index (χ3n) is 3.33. The Kier molecular flexibility index (Phi) is 2.81. The summed E-state index contributed by atoms with van der Waals surface area (Å²) in [5.74, 6) is 1.22. The Morgan fingerprint density at radius 3 is 2.74 bits per heavy atom. The summed E-state index contributed by atoms with van der Waals surface area (Å²) in [6, 6.07) is 5.93. The topological polar surface area (TPSA) is 58.1 Å². The zero-order chi connectivity index (χ0) is 13.4. The van der Waals surface area contributed by atoms with Crippen LogP contribution in [0.2, 0.25) is 0 Å². The van der Waals surface area contributed by atoms with E-state index in [0.29, 0.717) is 5.82 Å². The molecule has 1 aromatic heterocycles. The molecule has 1 saturated heterocycles. The first kappa shape index (κ1) is 11.9. The van der Waals surface area contributed by atoms with Gasteiger partial charge in [0.25, 0.3) is 0 Å².